The molecule has 4 atom stereocenters. The number of hydrogen-bond acceptors (Lipinski definition) is 4. The van der Waals surface area contributed by atoms with E-state index >= 15 is 0 Å². The van der Waals surface area contributed by atoms with E-state index in [1.165, 1.54) is 14.2 Å². The Kier molecular flexibility index (Phi) is 8.59. The van der Waals surface area contributed by atoms with Crippen LogP contribution >= 0.6 is 63.7 Å². The quantitative estimate of drug-likeness (QED) is 0.378. The van der Waals surface area contributed by atoms with Crippen LogP contribution in [0.3, 0.4) is 0 Å². The lowest BCUT2D eigenvalue weighted by atomic mass is 10.0. The predicted octanol–water partition coefficient (Wildman–Crippen LogP) is 4.43. The summed E-state index contributed by atoms with van der Waals surface area (Å²) in [5, 5.41) is 0. The molecule has 0 bridgehead atoms. The number of benzene rings is 1. The van der Waals surface area contributed by atoms with E-state index in [1.54, 1.807) is 0 Å². The Labute approximate surface area is 162 Å². The van der Waals surface area contributed by atoms with Gasteiger partial charge >= 0.3 is 11.9 Å². The van der Waals surface area contributed by atoms with Gasteiger partial charge in [-0.05, 0) is 11.1 Å². The molecular formula is C14H14Br4O4. The van der Waals surface area contributed by atoms with Crippen molar-refractivity contribution in [3.63, 3.8) is 0 Å². The molecule has 0 aromatic heterocycles. The van der Waals surface area contributed by atoms with Crippen LogP contribution in [0.2, 0.25) is 0 Å². The minimum Gasteiger partial charge on any atom is -0.468 e. The Morgan fingerprint density at radius 2 is 1.23 bits per heavy atom. The number of esters is 2. The van der Waals surface area contributed by atoms with Crippen molar-refractivity contribution < 1.29 is 19.1 Å². The SMILES string of the molecule is COC(=O)[C@@H](Br)[C@@H](Br)c1cccc([C@H](Br)[C@@H](Br)C(=O)OC)c1. The van der Waals surface area contributed by atoms with Crippen LogP contribution in [0.4, 0.5) is 0 Å². The minimum atomic E-state index is -0.512. The largest absolute Gasteiger partial charge is 0.468 e. The lowest BCUT2D eigenvalue weighted by Gasteiger charge is -2.19. The number of halogens is 4. The van der Waals surface area contributed by atoms with Gasteiger partial charge in [-0.3, -0.25) is 9.59 Å². The molecule has 4 nitrogen and oxygen atoms in total. The fourth-order valence-electron chi connectivity index (χ4n) is 1.70. The normalized spacial score (nSPS) is 16.3. The van der Waals surface area contributed by atoms with Crippen LogP contribution < -0.4 is 0 Å². The molecule has 0 spiro atoms. The molecule has 0 aliphatic rings. The maximum absolute atomic E-state index is 11.6. The van der Waals surface area contributed by atoms with Gasteiger partial charge in [0, 0.05) is 0 Å². The van der Waals surface area contributed by atoms with E-state index in [4.69, 9.17) is 9.47 Å². The standard InChI is InChI=1S/C14H14Br4O4/c1-21-13(19)11(17)9(15)7-4-3-5-8(6-7)10(16)12(18)14(20)22-2/h3-6,9-12H,1-2H3/t9-,10-,11-,12+/m0/s1. The molecule has 0 fully saturated rings. The van der Waals surface area contributed by atoms with Gasteiger partial charge in [0.05, 0.1) is 23.9 Å². The maximum Gasteiger partial charge on any atom is 0.320 e. The molecule has 0 radical (unpaired) electrons. The molecule has 0 heterocycles. The molecule has 122 valence electrons. The Morgan fingerprint density at radius 1 is 0.864 bits per heavy atom. The van der Waals surface area contributed by atoms with Crippen LogP contribution in [0.15, 0.2) is 24.3 Å². The second-order valence-corrected chi connectivity index (χ2v) is 8.27. The van der Waals surface area contributed by atoms with E-state index in [-0.39, 0.29) is 21.6 Å². The molecule has 0 aliphatic heterocycles. The number of alkyl halides is 4. The van der Waals surface area contributed by atoms with Crippen molar-refractivity contribution in [2.24, 2.45) is 0 Å². The summed E-state index contributed by atoms with van der Waals surface area (Å²) in [6.07, 6.45) is 0. The zero-order valence-corrected chi connectivity index (χ0v) is 18.1. The number of methoxy groups -OCH3 is 2. The van der Waals surface area contributed by atoms with Crippen molar-refractivity contribution >= 4 is 75.7 Å². The molecule has 1 rings (SSSR count). The molecule has 0 saturated carbocycles. The van der Waals surface area contributed by atoms with Crippen molar-refractivity contribution in [1.29, 1.82) is 0 Å². The molecule has 0 unspecified atom stereocenters. The third kappa shape index (κ3) is 5.04. The summed E-state index contributed by atoms with van der Waals surface area (Å²) in [4.78, 5) is 21.7. The average molecular weight is 566 g/mol. The smallest absolute Gasteiger partial charge is 0.320 e. The summed E-state index contributed by atoms with van der Waals surface area (Å²) in [6.45, 7) is 0. The Hall–Kier alpha value is 0.0800. The van der Waals surface area contributed by atoms with Crippen LogP contribution in [0.5, 0.6) is 0 Å². The monoisotopic (exact) mass is 562 g/mol. The summed E-state index contributed by atoms with van der Waals surface area (Å²) in [7, 11) is 2.68. The summed E-state index contributed by atoms with van der Waals surface area (Å²) in [5.41, 5.74) is 1.78. The van der Waals surface area contributed by atoms with Crippen LogP contribution in [0.1, 0.15) is 20.8 Å². The first-order chi connectivity index (χ1) is 10.3. The molecule has 0 aliphatic carbocycles. The Balaban J connectivity index is 2.99. The first-order valence-electron chi connectivity index (χ1n) is 6.15. The van der Waals surface area contributed by atoms with Crippen LogP contribution in [-0.4, -0.2) is 35.8 Å². The summed E-state index contributed by atoms with van der Waals surface area (Å²) < 4.78 is 9.45. The molecule has 0 N–H and O–H groups in total. The molecule has 22 heavy (non-hydrogen) atoms. The van der Waals surface area contributed by atoms with Gasteiger partial charge in [-0.1, -0.05) is 88.0 Å². The lowest BCUT2D eigenvalue weighted by Crippen LogP contribution is -2.21. The summed E-state index contributed by atoms with van der Waals surface area (Å²) in [6, 6.07) is 7.55. The van der Waals surface area contributed by atoms with Gasteiger partial charge in [-0.15, -0.1) is 0 Å². The summed E-state index contributed by atoms with van der Waals surface area (Å²) >= 11 is 13.6. The fourth-order valence-corrected chi connectivity index (χ4v) is 3.69. The number of carbonyl (C=O) groups is 2. The van der Waals surface area contributed by atoms with E-state index < -0.39 is 9.65 Å². The lowest BCUT2D eigenvalue weighted by molar-refractivity contribution is -0.140. The van der Waals surface area contributed by atoms with Gasteiger partial charge in [-0.2, -0.15) is 0 Å². The highest BCUT2D eigenvalue weighted by Gasteiger charge is 2.29. The topological polar surface area (TPSA) is 52.6 Å². The van der Waals surface area contributed by atoms with Gasteiger partial charge in [0.1, 0.15) is 9.65 Å². The second-order valence-electron chi connectivity index (χ2n) is 4.32. The molecule has 8 heteroatoms. The fraction of sp³-hybridized carbons (Fsp3) is 0.429. The summed E-state index contributed by atoms with van der Waals surface area (Å²) in [5.74, 6) is -0.730. The van der Waals surface area contributed by atoms with E-state index in [0.717, 1.165) is 11.1 Å². The van der Waals surface area contributed by atoms with E-state index in [2.05, 4.69) is 63.7 Å². The molecule has 0 saturated heterocycles. The van der Waals surface area contributed by atoms with E-state index in [9.17, 15) is 9.59 Å². The number of rotatable bonds is 6. The number of carbonyl (C=O) groups excluding carboxylic acids is 2. The van der Waals surface area contributed by atoms with Gasteiger partial charge in [-0.25, -0.2) is 0 Å². The van der Waals surface area contributed by atoms with E-state index in [1.807, 2.05) is 24.3 Å². The van der Waals surface area contributed by atoms with E-state index in [0.29, 0.717) is 0 Å². The van der Waals surface area contributed by atoms with Crippen molar-refractivity contribution in [3.8, 4) is 0 Å². The second kappa shape index (κ2) is 9.39. The maximum atomic E-state index is 11.6. The van der Waals surface area contributed by atoms with Gasteiger partial charge in [0.25, 0.3) is 0 Å². The van der Waals surface area contributed by atoms with Gasteiger partial charge in [0.2, 0.25) is 0 Å². The van der Waals surface area contributed by atoms with Crippen LogP contribution in [0, 0.1) is 0 Å². The van der Waals surface area contributed by atoms with Crippen molar-refractivity contribution in [3.05, 3.63) is 35.4 Å². The predicted molar refractivity (Wildman–Crippen MR) is 99.2 cm³/mol. The van der Waals surface area contributed by atoms with Crippen LogP contribution in [0.25, 0.3) is 0 Å². The Morgan fingerprint density at radius 3 is 1.55 bits per heavy atom. The number of hydrogen-bond donors (Lipinski definition) is 0. The zero-order chi connectivity index (χ0) is 16.9. The molecule has 0 amide bonds. The van der Waals surface area contributed by atoms with Crippen LogP contribution in [-0.2, 0) is 19.1 Å². The third-order valence-electron chi connectivity index (χ3n) is 2.91. The minimum absolute atomic E-state index is 0.258. The van der Waals surface area contributed by atoms with Crippen molar-refractivity contribution in [2.75, 3.05) is 14.2 Å². The molecule has 1 aromatic rings. The number of ether oxygens (including phenoxy) is 2. The van der Waals surface area contributed by atoms with Gasteiger partial charge in [0.15, 0.2) is 0 Å². The zero-order valence-electron chi connectivity index (χ0n) is 11.8. The average Bonchev–Trinajstić information content (AvgIpc) is 2.57. The van der Waals surface area contributed by atoms with Gasteiger partial charge < -0.3 is 9.47 Å². The Bertz CT molecular complexity index is 494. The first-order valence-corrected chi connectivity index (χ1v) is 9.81. The van der Waals surface area contributed by atoms with Crippen molar-refractivity contribution in [1.82, 2.24) is 0 Å². The van der Waals surface area contributed by atoms with Crippen molar-refractivity contribution in [2.45, 2.75) is 19.3 Å². The third-order valence-corrected chi connectivity index (χ3v) is 8.25. The highest BCUT2D eigenvalue weighted by molar-refractivity contribution is 9.12. The highest BCUT2D eigenvalue weighted by Crippen LogP contribution is 2.36. The highest BCUT2D eigenvalue weighted by atomic mass is 79.9. The molecular weight excluding hydrogens is 552 g/mol. The first kappa shape index (κ1) is 20.1. The molecule has 1 aromatic carbocycles.